The molecule has 2 aromatic carbocycles. The van der Waals surface area contributed by atoms with Gasteiger partial charge in [-0.05, 0) is 53.8 Å². The number of methoxy groups -OCH3 is 1. The molecule has 0 bridgehead atoms. The van der Waals surface area contributed by atoms with Gasteiger partial charge in [-0.2, -0.15) is 0 Å². The van der Waals surface area contributed by atoms with Crippen molar-refractivity contribution >= 4 is 0 Å². The van der Waals surface area contributed by atoms with Gasteiger partial charge in [-0.1, -0.05) is 43.3 Å². The van der Waals surface area contributed by atoms with Crippen molar-refractivity contribution in [1.29, 1.82) is 0 Å². The topological polar surface area (TPSA) is 17.4 Å². The minimum atomic E-state index is 0.239. The van der Waals surface area contributed by atoms with E-state index in [2.05, 4.69) is 77.2 Å². The van der Waals surface area contributed by atoms with Gasteiger partial charge in [0.2, 0.25) is 0 Å². The quantitative estimate of drug-likeness (QED) is 0.633. The van der Waals surface area contributed by atoms with Gasteiger partial charge >= 0.3 is 0 Å². The number of nitrogens with zero attached hydrogens (tertiary/aromatic N) is 2. The zero-order valence-electron chi connectivity index (χ0n) is 16.3. The summed E-state index contributed by atoms with van der Waals surface area (Å²) in [7, 11) is 1.74. The van der Waals surface area contributed by atoms with Crippen LogP contribution in [-0.2, 0) is 19.5 Å². The minimum absolute atomic E-state index is 0.239. The molecule has 0 aliphatic carbocycles. The SMILES string of the molecule is CCc1ccc(CN2CCCn3cccc3C2c2cccc(OC)c2)cc1. The van der Waals surface area contributed by atoms with Crippen LogP contribution in [0.2, 0.25) is 0 Å². The van der Waals surface area contributed by atoms with Crippen molar-refractivity contribution in [2.45, 2.75) is 38.9 Å². The third-order valence-electron chi connectivity index (χ3n) is 5.58. The first-order chi connectivity index (χ1) is 13.3. The highest BCUT2D eigenvalue weighted by Gasteiger charge is 2.27. The molecule has 27 heavy (non-hydrogen) atoms. The molecule has 1 aliphatic heterocycles. The summed E-state index contributed by atoms with van der Waals surface area (Å²) in [5, 5.41) is 0. The number of hydrogen-bond donors (Lipinski definition) is 0. The van der Waals surface area contributed by atoms with Crippen molar-refractivity contribution in [2.24, 2.45) is 0 Å². The monoisotopic (exact) mass is 360 g/mol. The van der Waals surface area contributed by atoms with Gasteiger partial charge in [0.1, 0.15) is 5.75 Å². The lowest BCUT2D eigenvalue weighted by molar-refractivity contribution is 0.220. The van der Waals surface area contributed by atoms with Crippen molar-refractivity contribution in [1.82, 2.24) is 9.47 Å². The number of benzene rings is 2. The van der Waals surface area contributed by atoms with Crippen LogP contribution in [-0.4, -0.2) is 23.1 Å². The lowest BCUT2D eigenvalue weighted by Crippen LogP contribution is -2.29. The maximum Gasteiger partial charge on any atom is 0.119 e. The molecule has 0 fully saturated rings. The number of ether oxygens (including phenoxy) is 1. The van der Waals surface area contributed by atoms with E-state index in [1.807, 2.05) is 6.07 Å². The normalized spacial score (nSPS) is 17.3. The molecule has 1 aliphatic rings. The molecule has 1 unspecified atom stereocenters. The number of rotatable bonds is 5. The van der Waals surface area contributed by atoms with Crippen LogP contribution in [0.15, 0.2) is 66.9 Å². The van der Waals surface area contributed by atoms with Gasteiger partial charge in [0.15, 0.2) is 0 Å². The Morgan fingerprint density at radius 2 is 1.78 bits per heavy atom. The van der Waals surface area contributed by atoms with Gasteiger partial charge in [0.25, 0.3) is 0 Å². The van der Waals surface area contributed by atoms with E-state index in [4.69, 9.17) is 4.74 Å². The highest BCUT2D eigenvalue weighted by Crippen LogP contribution is 2.34. The Labute approximate surface area is 162 Å². The van der Waals surface area contributed by atoms with Crippen molar-refractivity contribution < 1.29 is 4.74 Å². The molecule has 0 radical (unpaired) electrons. The fourth-order valence-electron chi connectivity index (χ4n) is 4.12. The number of fused-ring (bicyclic) bond motifs is 1. The standard InChI is InChI=1S/C24H28N2O/c1-3-19-10-12-20(13-11-19)18-26-16-6-15-25-14-5-9-23(25)24(26)21-7-4-8-22(17-21)27-2/h4-5,7-14,17,24H,3,6,15-16,18H2,1-2H3. The Bertz CT molecular complexity index is 881. The Morgan fingerprint density at radius 3 is 2.56 bits per heavy atom. The molecule has 2 heterocycles. The number of aryl methyl sites for hydroxylation is 2. The fourth-order valence-corrected chi connectivity index (χ4v) is 4.12. The molecule has 4 rings (SSSR count). The molecule has 0 spiro atoms. The molecule has 140 valence electrons. The zero-order chi connectivity index (χ0) is 18.6. The molecule has 0 saturated carbocycles. The first kappa shape index (κ1) is 17.9. The van der Waals surface area contributed by atoms with E-state index in [1.165, 1.54) is 22.4 Å². The van der Waals surface area contributed by atoms with Crippen LogP contribution in [0.4, 0.5) is 0 Å². The van der Waals surface area contributed by atoms with E-state index in [1.54, 1.807) is 7.11 Å². The van der Waals surface area contributed by atoms with Gasteiger partial charge in [0.05, 0.1) is 13.2 Å². The van der Waals surface area contributed by atoms with E-state index < -0.39 is 0 Å². The predicted octanol–water partition coefficient (Wildman–Crippen LogP) is 5.05. The molecule has 3 heteroatoms. The lowest BCUT2D eigenvalue weighted by Gasteiger charge is -2.31. The maximum atomic E-state index is 5.50. The predicted molar refractivity (Wildman–Crippen MR) is 110 cm³/mol. The van der Waals surface area contributed by atoms with Gasteiger partial charge in [0, 0.05) is 31.5 Å². The zero-order valence-corrected chi connectivity index (χ0v) is 16.3. The second kappa shape index (κ2) is 8.01. The summed E-state index contributed by atoms with van der Waals surface area (Å²) in [6.07, 6.45) is 4.46. The second-order valence-electron chi connectivity index (χ2n) is 7.30. The highest BCUT2D eigenvalue weighted by atomic mass is 16.5. The maximum absolute atomic E-state index is 5.50. The summed E-state index contributed by atoms with van der Waals surface area (Å²) in [5.74, 6) is 0.919. The molecule has 0 saturated heterocycles. The third-order valence-corrected chi connectivity index (χ3v) is 5.58. The average Bonchev–Trinajstić information content (AvgIpc) is 3.10. The first-order valence-electron chi connectivity index (χ1n) is 9.89. The van der Waals surface area contributed by atoms with Crippen molar-refractivity contribution in [2.75, 3.05) is 13.7 Å². The second-order valence-corrected chi connectivity index (χ2v) is 7.30. The van der Waals surface area contributed by atoms with Crippen molar-refractivity contribution in [3.05, 3.63) is 89.2 Å². The summed E-state index contributed by atoms with van der Waals surface area (Å²) in [6.45, 7) is 5.32. The molecule has 0 amide bonds. The van der Waals surface area contributed by atoms with Crippen LogP contribution in [0.3, 0.4) is 0 Å². The van der Waals surface area contributed by atoms with E-state index >= 15 is 0 Å². The van der Waals surface area contributed by atoms with Crippen LogP contribution in [0, 0.1) is 0 Å². The first-order valence-corrected chi connectivity index (χ1v) is 9.89. The highest BCUT2D eigenvalue weighted by molar-refractivity contribution is 5.36. The largest absolute Gasteiger partial charge is 0.497 e. The van der Waals surface area contributed by atoms with Crippen LogP contribution in [0.25, 0.3) is 0 Å². The Balaban J connectivity index is 1.70. The third kappa shape index (κ3) is 3.79. The lowest BCUT2D eigenvalue weighted by atomic mass is 10.0. The smallest absolute Gasteiger partial charge is 0.119 e. The van der Waals surface area contributed by atoms with Gasteiger partial charge in [-0.15, -0.1) is 0 Å². The minimum Gasteiger partial charge on any atom is -0.497 e. The van der Waals surface area contributed by atoms with Crippen LogP contribution in [0.1, 0.15) is 41.8 Å². The Hall–Kier alpha value is -2.52. The molecule has 1 aromatic heterocycles. The van der Waals surface area contributed by atoms with Crippen molar-refractivity contribution in [3.8, 4) is 5.75 Å². The summed E-state index contributed by atoms with van der Waals surface area (Å²) >= 11 is 0. The molecule has 3 nitrogen and oxygen atoms in total. The molecule has 0 N–H and O–H groups in total. The molecular weight excluding hydrogens is 332 g/mol. The van der Waals surface area contributed by atoms with E-state index in [-0.39, 0.29) is 6.04 Å². The van der Waals surface area contributed by atoms with Crippen LogP contribution >= 0.6 is 0 Å². The van der Waals surface area contributed by atoms with Crippen molar-refractivity contribution in [3.63, 3.8) is 0 Å². The summed E-state index contributed by atoms with van der Waals surface area (Å²) in [5.41, 5.74) is 5.43. The fraction of sp³-hybridized carbons (Fsp3) is 0.333. The summed E-state index contributed by atoms with van der Waals surface area (Å²) < 4.78 is 7.91. The van der Waals surface area contributed by atoms with Gasteiger partial charge < -0.3 is 9.30 Å². The molecule has 3 aromatic rings. The van der Waals surface area contributed by atoms with E-state index in [9.17, 15) is 0 Å². The van der Waals surface area contributed by atoms with E-state index in [0.717, 1.165) is 38.2 Å². The summed E-state index contributed by atoms with van der Waals surface area (Å²) in [6, 6.07) is 22.3. The Morgan fingerprint density at radius 1 is 0.963 bits per heavy atom. The number of aromatic nitrogens is 1. The van der Waals surface area contributed by atoms with Crippen LogP contribution < -0.4 is 4.74 Å². The van der Waals surface area contributed by atoms with E-state index in [0.29, 0.717) is 0 Å². The van der Waals surface area contributed by atoms with Gasteiger partial charge in [-0.25, -0.2) is 0 Å². The van der Waals surface area contributed by atoms with Gasteiger partial charge in [-0.3, -0.25) is 4.90 Å². The molecule has 1 atom stereocenters. The molecular formula is C24H28N2O. The van der Waals surface area contributed by atoms with Crippen LogP contribution in [0.5, 0.6) is 5.75 Å². The average molecular weight is 361 g/mol. The number of hydrogen-bond acceptors (Lipinski definition) is 2. The summed E-state index contributed by atoms with van der Waals surface area (Å²) in [4.78, 5) is 2.61. The Kier molecular flexibility index (Phi) is 5.30.